The Kier molecular flexibility index (Phi) is 4.85. The lowest BCUT2D eigenvalue weighted by molar-refractivity contribution is 0.0528. The Morgan fingerprint density at radius 3 is 2.86 bits per heavy atom. The second-order valence-electron chi connectivity index (χ2n) is 5.50. The van der Waals surface area contributed by atoms with Crippen LogP contribution >= 0.6 is 0 Å². The molecule has 5 heteroatoms. The van der Waals surface area contributed by atoms with Gasteiger partial charge in [0.2, 0.25) is 0 Å². The Balaban J connectivity index is 1.49. The Labute approximate surface area is 131 Å². The summed E-state index contributed by atoms with van der Waals surface area (Å²) in [6.45, 7) is 5.95. The lowest BCUT2D eigenvalue weighted by Crippen LogP contribution is -2.35. The second kappa shape index (κ2) is 7.22. The molecule has 0 saturated carbocycles. The third kappa shape index (κ3) is 3.74. The zero-order valence-corrected chi connectivity index (χ0v) is 12.9. The molecule has 0 saturated heterocycles. The van der Waals surface area contributed by atoms with Crippen LogP contribution in [0.5, 0.6) is 0 Å². The van der Waals surface area contributed by atoms with Gasteiger partial charge < -0.3 is 4.84 Å². The number of benzene rings is 1. The van der Waals surface area contributed by atoms with Gasteiger partial charge in [0, 0.05) is 31.9 Å². The van der Waals surface area contributed by atoms with Crippen molar-refractivity contribution in [3.05, 3.63) is 54.4 Å². The fraction of sp³-hybridized carbons (Fsp3) is 0.412. The maximum absolute atomic E-state index is 5.61. The lowest BCUT2D eigenvalue weighted by atomic mass is 10.0. The first kappa shape index (κ1) is 14.8. The van der Waals surface area contributed by atoms with Crippen molar-refractivity contribution in [3.63, 3.8) is 0 Å². The predicted molar refractivity (Wildman–Crippen MR) is 86.8 cm³/mol. The maximum Gasteiger partial charge on any atom is 0.145 e. The van der Waals surface area contributed by atoms with Crippen LogP contribution in [0.3, 0.4) is 0 Å². The summed E-state index contributed by atoms with van der Waals surface area (Å²) in [5.41, 5.74) is 2.21. The van der Waals surface area contributed by atoms with Crippen molar-refractivity contribution in [2.45, 2.75) is 26.0 Å². The SMILES string of the molecule is CCN(CCn1cccn1)CC1CC(c2ccccc2)=NO1. The molecule has 0 fully saturated rings. The molecule has 0 bridgehead atoms. The average molecular weight is 298 g/mol. The predicted octanol–water partition coefficient (Wildman–Crippen LogP) is 2.40. The molecule has 1 aromatic carbocycles. The van der Waals surface area contributed by atoms with Crippen molar-refractivity contribution in [2.75, 3.05) is 19.6 Å². The minimum atomic E-state index is 0.146. The van der Waals surface area contributed by atoms with E-state index in [2.05, 4.69) is 34.2 Å². The third-order valence-electron chi connectivity index (χ3n) is 3.95. The molecule has 1 atom stereocenters. The first-order valence-electron chi connectivity index (χ1n) is 7.83. The summed E-state index contributed by atoms with van der Waals surface area (Å²) in [6.07, 6.45) is 4.84. The molecule has 116 valence electrons. The van der Waals surface area contributed by atoms with Gasteiger partial charge in [0.05, 0.1) is 12.3 Å². The molecule has 0 N–H and O–H groups in total. The summed E-state index contributed by atoms with van der Waals surface area (Å²) in [7, 11) is 0. The van der Waals surface area contributed by atoms with E-state index in [1.54, 1.807) is 0 Å². The largest absolute Gasteiger partial charge is 0.390 e. The number of hydrogen-bond donors (Lipinski definition) is 0. The molecule has 1 aliphatic heterocycles. The van der Waals surface area contributed by atoms with Gasteiger partial charge in [0.1, 0.15) is 6.10 Å². The number of likely N-dealkylation sites (N-methyl/N-ethyl adjacent to an activating group) is 1. The first-order valence-corrected chi connectivity index (χ1v) is 7.83. The molecule has 0 spiro atoms. The average Bonchev–Trinajstić information content (AvgIpc) is 3.24. The van der Waals surface area contributed by atoms with Gasteiger partial charge in [-0.3, -0.25) is 9.58 Å². The number of rotatable bonds is 7. The molecule has 0 amide bonds. The lowest BCUT2D eigenvalue weighted by Gasteiger charge is -2.22. The van der Waals surface area contributed by atoms with Crippen LogP contribution < -0.4 is 0 Å². The second-order valence-corrected chi connectivity index (χ2v) is 5.50. The van der Waals surface area contributed by atoms with Crippen LogP contribution in [0.1, 0.15) is 18.9 Å². The topological polar surface area (TPSA) is 42.7 Å². The Morgan fingerprint density at radius 1 is 1.27 bits per heavy atom. The van der Waals surface area contributed by atoms with Crippen LogP contribution in [0.15, 0.2) is 53.9 Å². The minimum Gasteiger partial charge on any atom is -0.390 e. The standard InChI is InChI=1S/C17H22N4O/c1-2-20(11-12-21-10-6-9-18-21)14-16-13-17(19-22-16)15-7-4-3-5-8-15/h3-10,16H,2,11-14H2,1H3. The van der Waals surface area contributed by atoms with E-state index in [1.165, 1.54) is 0 Å². The molecule has 1 aliphatic rings. The number of hydrogen-bond acceptors (Lipinski definition) is 4. The van der Waals surface area contributed by atoms with Crippen molar-refractivity contribution in [3.8, 4) is 0 Å². The molecule has 1 aromatic heterocycles. The summed E-state index contributed by atoms with van der Waals surface area (Å²) in [4.78, 5) is 8.00. The maximum atomic E-state index is 5.61. The van der Waals surface area contributed by atoms with Crippen molar-refractivity contribution in [1.82, 2.24) is 14.7 Å². The van der Waals surface area contributed by atoms with E-state index >= 15 is 0 Å². The van der Waals surface area contributed by atoms with E-state index in [0.717, 1.165) is 43.9 Å². The van der Waals surface area contributed by atoms with Gasteiger partial charge in [-0.15, -0.1) is 0 Å². The molecule has 2 heterocycles. The zero-order valence-electron chi connectivity index (χ0n) is 12.9. The molecule has 1 unspecified atom stereocenters. The molecule has 2 aromatic rings. The summed E-state index contributed by atoms with van der Waals surface area (Å²) in [5.74, 6) is 0. The summed E-state index contributed by atoms with van der Waals surface area (Å²) in [6, 6.07) is 12.2. The van der Waals surface area contributed by atoms with Crippen LogP contribution in [0.4, 0.5) is 0 Å². The number of oxime groups is 1. The number of nitrogens with zero attached hydrogens (tertiary/aromatic N) is 4. The molecule has 22 heavy (non-hydrogen) atoms. The van der Waals surface area contributed by atoms with E-state index in [9.17, 15) is 0 Å². The smallest absolute Gasteiger partial charge is 0.145 e. The third-order valence-corrected chi connectivity index (χ3v) is 3.95. The van der Waals surface area contributed by atoms with Crippen molar-refractivity contribution in [1.29, 1.82) is 0 Å². The van der Waals surface area contributed by atoms with Gasteiger partial charge in [-0.2, -0.15) is 5.10 Å². The van der Waals surface area contributed by atoms with Crippen molar-refractivity contribution < 1.29 is 4.84 Å². The van der Waals surface area contributed by atoms with E-state index in [4.69, 9.17) is 4.84 Å². The Morgan fingerprint density at radius 2 is 2.14 bits per heavy atom. The Hall–Kier alpha value is -2.14. The fourth-order valence-electron chi connectivity index (χ4n) is 2.67. The quantitative estimate of drug-likeness (QED) is 0.788. The molecule has 0 aliphatic carbocycles. The zero-order chi connectivity index (χ0) is 15.2. The van der Waals surface area contributed by atoms with E-state index in [0.29, 0.717) is 0 Å². The summed E-state index contributed by atoms with van der Waals surface area (Å²) >= 11 is 0. The Bertz CT molecular complexity index is 594. The number of aromatic nitrogens is 2. The van der Waals surface area contributed by atoms with E-state index in [-0.39, 0.29) is 6.10 Å². The fourth-order valence-corrected chi connectivity index (χ4v) is 2.67. The summed E-state index contributed by atoms with van der Waals surface area (Å²) < 4.78 is 1.96. The molecule has 5 nitrogen and oxygen atoms in total. The van der Waals surface area contributed by atoms with E-state index in [1.807, 2.05) is 41.3 Å². The van der Waals surface area contributed by atoms with Crippen LogP contribution in [-0.2, 0) is 11.4 Å². The highest BCUT2D eigenvalue weighted by molar-refractivity contribution is 6.01. The van der Waals surface area contributed by atoms with Crippen molar-refractivity contribution in [2.24, 2.45) is 5.16 Å². The molecular weight excluding hydrogens is 276 g/mol. The van der Waals surface area contributed by atoms with Crippen LogP contribution in [-0.4, -0.2) is 46.1 Å². The van der Waals surface area contributed by atoms with Gasteiger partial charge in [-0.1, -0.05) is 42.4 Å². The minimum absolute atomic E-state index is 0.146. The van der Waals surface area contributed by atoms with Crippen LogP contribution in [0, 0.1) is 0 Å². The first-order chi connectivity index (χ1) is 10.8. The van der Waals surface area contributed by atoms with Gasteiger partial charge in [-0.25, -0.2) is 0 Å². The highest BCUT2D eigenvalue weighted by Crippen LogP contribution is 2.17. The van der Waals surface area contributed by atoms with Gasteiger partial charge in [0.25, 0.3) is 0 Å². The summed E-state index contributed by atoms with van der Waals surface area (Å²) in [5, 5.41) is 8.50. The highest BCUT2D eigenvalue weighted by atomic mass is 16.6. The van der Waals surface area contributed by atoms with Crippen molar-refractivity contribution >= 4 is 5.71 Å². The molecule has 3 rings (SSSR count). The molecule has 0 radical (unpaired) electrons. The normalized spacial score (nSPS) is 17.5. The van der Waals surface area contributed by atoms with Crippen LogP contribution in [0.25, 0.3) is 0 Å². The molecular formula is C17H22N4O. The van der Waals surface area contributed by atoms with Gasteiger partial charge >= 0.3 is 0 Å². The van der Waals surface area contributed by atoms with Gasteiger partial charge in [-0.05, 0) is 18.2 Å². The monoisotopic (exact) mass is 298 g/mol. The van der Waals surface area contributed by atoms with Gasteiger partial charge in [0.15, 0.2) is 0 Å². The van der Waals surface area contributed by atoms with E-state index < -0.39 is 0 Å². The highest BCUT2D eigenvalue weighted by Gasteiger charge is 2.23. The van der Waals surface area contributed by atoms with Crippen LogP contribution in [0.2, 0.25) is 0 Å².